The number of amides is 2. The van der Waals surface area contributed by atoms with Crippen LogP contribution in [-0.4, -0.2) is 71.7 Å². The minimum Gasteiger partial charge on any atom is -0.442 e. The maximum Gasteiger partial charge on any atom is 0.436 e. The summed E-state index contributed by atoms with van der Waals surface area (Å²) < 4.78 is 5.18. The number of ketones is 1. The Kier molecular flexibility index (Phi) is 10.6. The highest BCUT2D eigenvalue weighted by molar-refractivity contribution is 5.99. The van der Waals surface area contributed by atoms with Gasteiger partial charge in [-0.05, 0) is 84.0 Å². The van der Waals surface area contributed by atoms with Gasteiger partial charge in [0.25, 0.3) is 0 Å². The monoisotopic (exact) mass is 536 g/mol. The van der Waals surface area contributed by atoms with Crippen molar-refractivity contribution < 1.29 is 19.1 Å². The van der Waals surface area contributed by atoms with Gasteiger partial charge in [0.2, 0.25) is 5.91 Å². The van der Waals surface area contributed by atoms with Crippen molar-refractivity contribution in [1.29, 1.82) is 0 Å². The molecular weight excluding hydrogens is 492 g/mol. The first-order valence-corrected chi connectivity index (χ1v) is 13.9. The van der Waals surface area contributed by atoms with Gasteiger partial charge in [0, 0.05) is 37.5 Å². The molecule has 0 saturated carbocycles. The number of carbonyl (C=O) groups excluding carboxylic acids is 3. The molecule has 2 aliphatic rings. The molecule has 0 aromatic heterocycles. The topological polar surface area (TPSA) is 105 Å². The van der Waals surface area contributed by atoms with E-state index in [4.69, 9.17) is 10.5 Å². The predicted molar refractivity (Wildman–Crippen MR) is 155 cm³/mol. The number of carbonyl (C=O) groups is 3. The molecule has 8 heteroatoms. The molecule has 0 radical (unpaired) electrons. The van der Waals surface area contributed by atoms with Crippen LogP contribution in [0.4, 0.5) is 4.79 Å². The van der Waals surface area contributed by atoms with Crippen molar-refractivity contribution in [1.82, 2.24) is 9.80 Å². The summed E-state index contributed by atoms with van der Waals surface area (Å²) in [5, 5.41) is 0. The normalized spacial score (nSPS) is 18.6. The molecule has 0 spiro atoms. The summed E-state index contributed by atoms with van der Waals surface area (Å²) in [5.74, 6) is 0.874. The van der Waals surface area contributed by atoms with Crippen LogP contribution in [0.3, 0.4) is 0 Å². The number of benzene rings is 1. The van der Waals surface area contributed by atoms with E-state index in [0.717, 1.165) is 68.6 Å². The van der Waals surface area contributed by atoms with E-state index in [9.17, 15) is 14.4 Å². The van der Waals surface area contributed by atoms with E-state index in [1.165, 1.54) is 0 Å². The first-order chi connectivity index (χ1) is 18.4. The standard InChI is InChI=1S/C31H44N4O4/c1-6-23(20-28(32)33-30(38)39-31(3,4)5)21-34-15-13-26(14-16-34)29(37)35-17-11-24(12-18-35)19-27(36)25-9-7-22(2)8-10-25/h6-10,20,24,26H,1,11-19,21H2,2-5H3,(H2,32,33,38)/b23-20+. The number of amidine groups is 1. The molecule has 2 saturated heterocycles. The fourth-order valence-corrected chi connectivity index (χ4v) is 5.11. The SMILES string of the molecule is C=C/C(=C\C(N)=N\C(=O)OC(C)(C)C)CN1CCC(C(=O)N2CCC(CC(=O)c3ccc(C)cc3)CC2)CC1. The van der Waals surface area contributed by atoms with Gasteiger partial charge in [-0.1, -0.05) is 42.5 Å². The zero-order chi connectivity index (χ0) is 28.6. The number of aryl methyl sites for hydroxylation is 1. The average molecular weight is 537 g/mol. The molecule has 1 aromatic carbocycles. The van der Waals surface area contributed by atoms with Crippen LogP contribution in [0, 0.1) is 18.8 Å². The van der Waals surface area contributed by atoms with Gasteiger partial charge in [-0.2, -0.15) is 4.99 Å². The van der Waals surface area contributed by atoms with Crippen molar-refractivity contribution in [3.8, 4) is 0 Å². The second kappa shape index (κ2) is 13.7. The minimum absolute atomic E-state index is 0.0296. The minimum atomic E-state index is -0.721. The Hall–Kier alpha value is -3.26. The molecule has 39 heavy (non-hydrogen) atoms. The van der Waals surface area contributed by atoms with Crippen molar-refractivity contribution in [3.05, 3.63) is 59.7 Å². The number of rotatable bonds is 8. The Balaban J connectivity index is 1.42. The molecule has 0 bridgehead atoms. The summed E-state index contributed by atoms with van der Waals surface area (Å²) >= 11 is 0. The van der Waals surface area contributed by atoms with Crippen LogP contribution < -0.4 is 5.73 Å². The summed E-state index contributed by atoms with van der Waals surface area (Å²) in [4.78, 5) is 45.8. The van der Waals surface area contributed by atoms with E-state index >= 15 is 0 Å². The molecule has 1 aromatic rings. The number of aliphatic imine (C=N–C) groups is 1. The van der Waals surface area contributed by atoms with Gasteiger partial charge in [-0.15, -0.1) is 0 Å². The van der Waals surface area contributed by atoms with E-state index < -0.39 is 11.7 Å². The van der Waals surface area contributed by atoms with Gasteiger partial charge in [-0.25, -0.2) is 4.79 Å². The number of Topliss-reactive ketones (excluding diaryl/α,β-unsaturated/α-hetero) is 1. The fraction of sp³-hybridized carbons (Fsp3) is 0.548. The van der Waals surface area contributed by atoms with Gasteiger partial charge in [0.15, 0.2) is 5.78 Å². The lowest BCUT2D eigenvalue weighted by molar-refractivity contribution is -0.138. The van der Waals surface area contributed by atoms with Crippen LogP contribution >= 0.6 is 0 Å². The summed E-state index contributed by atoms with van der Waals surface area (Å²) in [6, 6.07) is 7.77. The second-order valence-electron chi connectivity index (χ2n) is 11.8. The smallest absolute Gasteiger partial charge is 0.436 e. The molecule has 2 heterocycles. The molecule has 0 aliphatic carbocycles. The van der Waals surface area contributed by atoms with Gasteiger partial charge < -0.3 is 15.4 Å². The molecule has 8 nitrogen and oxygen atoms in total. The van der Waals surface area contributed by atoms with Crippen LogP contribution in [0.25, 0.3) is 0 Å². The van der Waals surface area contributed by atoms with Crippen LogP contribution in [0.2, 0.25) is 0 Å². The maximum atomic E-state index is 13.2. The van der Waals surface area contributed by atoms with Crippen LogP contribution in [0.1, 0.15) is 68.8 Å². The molecule has 2 N–H and O–H groups in total. The summed E-state index contributed by atoms with van der Waals surface area (Å²) in [6.45, 7) is 14.9. The van der Waals surface area contributed by atoms with Crippen molar-refractivity contribution in [3.63, 3.8) is 0 Å². The molecular formula is C31H44N4O4. The molecule has 3 rings (SSSR count). The largest absolute Gasteiger partial charge is 0.442 e. The summed E-state index contributed by atoms with van der Waals surface area (Å²) in [7, 11) is 0. The van der Waals surface area contributed by atoms with E-state index in [1.807, 2.05) is 36.1 Å². The molecule has 212 valence electrons. The zero-order valence-corrected chi connectivity index (χ0v) is 23.9. The lowest BCUT2D eigenvalue weighted by atomic mass is 9.88. The van der Waals surface area contributed by atoms with Gasteiger partial charge >= 0.3 is 6.09 Å². The highest BCUT2D eigenvalue weighted by Gasteiger charge is 2.31. The highest BCUT2D eigenvalue weighted by atomic mass is 16.6. The molecule has 0 atom stereocenters. The second-order valence-corrected chi connectivity index (χ2v) is 11.8. The van der Waals surface area contributed by atoms with Crippen LogP contribution in [0.15, 0.2) is 53.6 Å². The first kappa shape index (κ1) is 30.3. The van der Waals surface area contributed by atoms with E-state index in [0.29, 0.717) is 18.9 Å². The highest BCUT2D eigenvalue weighted by Crippen LogP contribution is 2.26. The lowest BCUT2D eigenvalue weighted by Gasteiger charge is -2.37. The maximum absolute atomic E-state index is 13.2. The number of hydrogen-bond acceptors (Lipinski definition) is 5. The predicted octanol–water partition coefficient (Wildman–Crippen LogP) is 4.92. The van der Waals surface area contributed by atoms with Crippen molar-refractivity contribution >= 4 is 23.6 Å². The van der Waals surface area contributed by atoms with E-state index in [2.05, 4.69) is 16.5 Å². The average Bonchev–Trinajstić information content (AvgIpc) is 2.88. The van der Waals surface area contributed by atoms with E-state index in [-0.39, 0.29) is 23.4 Å². The Labute approximate surface area is 233 Å². The number of ether oxygens (including phenoxy) is 1. The van der Waals surface area contributed by atoms with Gasteiger partial charge in [0.1, 0.15) is 11.4 Å². The van der Waals surface area contributed by atoms with E-state index in [1.54, 1.807) is 32.9 Å². The number of likely N-dealkylation sites (tertiary alicyclic amines) is 2. The van der Waals surface area contributed by atoms with Crippen LogP contribution in [0.5, 0.6) is 0 Å². The number of nitrogens with zero attached hydrogens (tertiary/aromatic N) is 3. The lowest BCUT2D eigenvalue weighted by Crippen LogP contribution is -2.45. The Bertz CT molecular complexity index is 1080. The Morgan fingerprint density at radius 3 is 2.23 bits per heavy atom. The Morgan fingerprint density at radius 1 is 1.05 bits per heavy atom. The quantitative estimate of drug-likeness (QED) is 0.219. The fourth-order valence-electron chi connectivity index (χ4n) is 5.11. The number of piperidine rings is 2. The van der Waals surface area contributed by atoms with Crippen LogP contribution in [-0.2, 0) is 9.53 Å². The van der Waals surface area contributed by atoms with Crippen molar-refractivity contribution in [2.75, 3.05) is 32.7 Å². The zero-order valence-electron chi connectivity index (χ0n) is 23.9. The Morgan fingerprint density at radius 2 is 1.67 bits per heavy atom. The number of hydrogen-bond donors (Lipinski definition) is 1. The van der Waals surface area contributed by atoms with Crippen molar-refractivity contribution in [2.24, 2.45) is 22.6 Å². The third-order valence-corrected chi connectivity index (χ3v) is 7.33. The van der Waals surface area contributed by atoms with Crippen molar-refractivity contribution in [2.45, 2.75) is 65.4 Å². The third-order valence-electron chi connectivity index (χ3n) is 7.33. The number of nitrogens with two attached hydrogens (primary N) is 1. The molecule has 2 fully saturated rings. The molecule has 2 aliphatic heterocycles. The summed E-state index contributed by atoms with van der Waals surface area (Å²) in [6.07, 6.45) is 6.54. The molecule has 2 amide bonds. The molecule has 0 unspecified atom stereocenters. The van der Waals surface area contributed by atoms with Gasteiger partial charge in [-0.3, -0.25) is 14.5 Å². The third kappa shape index (κ3) is 9.77. The first-order valence-electron chi connectivity index (χ1n) is 13.9. The summed E-state index contributed by atoms with van der Waals surface area (Å²) in [5.41, 5.74) is 8.07. The van der Waals surface area contributed by atoms with Gasteiger partial charge in [0.05, 0.1) is 0 Å².